The summed E-state index contributed by atoms with van der Waals surface area (Å²) in [6.45, 7) is 1.71. The molecule has 2 aromatic rings. The van der Waals surface area contributed by atoms with E-state index in [0.29, 0.717) is 17.7 Å². The molecule has 24 heavy (non-hydrogen) atoms. The molecule has 5 nitrogen and oxygen atoms in total. The summed E-state index contributed by atoms with van der Waals surface area (Å²) >= 11 is 0. The van der Waals surface area contributed by atoms with Gasteiger partial charge in [0.25, 0.3) is 5.91 Å². The van der Waals surface area contributed by atoms with Gasteiger partial charge in [0, 0.05) is 5.69 Å². The van der Waals surface area contributed by atoms with Crippen molar-refractivity contribution in [3.8, 4) is 0 Å². The number of nitrogens with one attached hydrogen (secondary N) is 1. The van der Waals surface area contributed by atoms with E-state index in [1.807, 2.05) is 6.07 Å². The Labute approximate surface area is 142 Å². The summed E-state index contributed by atoms with van der Waals surface area (Å²) in [6.07, 6.45) is -0.757. The third-order valence-corrected chi connectivity index (χ3v) is 5.05. The molecule has 2 N–H and O–H groups in total. The first-order valence-corrected chi connectivity index (χ1v) is 9.54. The zero-order chi connectivity index (χ0) is 17.6. The average molecular weight is 347 g/mol. The molecule has 0 spiro atoms. The van der Waals surface area contributed by atoms with E-state index in [9.17, 15) is 18.3 Å². The Morgan fingerprint density at radius 1 is 1.04 bits per heavy atom. The number of carbonyl (C=O) groups excluding carboxylic acids is 1. The van der Waals surface area contributed by atoms with Crippen LogP contribution in [0, 0.1) is 0 Å². The Morgan fingerprint density at radius 3 is 2.33 bits per heavy atom. The van der Waals surface area contributed by atoms with Crippen molar-refractivity contribution in [3.05, 3.63) is 65.7 Å². The molecule has 0 unspecified atom stereocenters. The van der Waals surface area contributed by atoms with Gasteiger partial charge in [-0.05, 0) is 29.7 Å². The van der Waals surface area contributed by atoms with Crippen LogP contribution < -0.4 is 5.32 Å². The molecule has 1 atom stereocenters. The van der Waals surface area contributed by atoms with Crippen molar-refractivity contribution < 1.29 is 18.3 Å². The molecule has 128 valence electrons. The lowest BCUT2D eigenvalue weighted by Gasteiger charge is -2.11. The summed E-state index contributed by atoms with van der Waals surface area (Å²) in [7, 11) is -3.32. The topological polar surface area (TPSA) is 83.5 Å². The number of amides is 1. The minimum Gasteiger partial charge on any atom is -0.383 e. The minimum absolute atomic E-state index is 0.0288. The van der Waals surface area contributed by atoms with Crippen molar-refractivity contribution in [1.29, 1.82) is 0 Å². The van der Waals surface area contributed by atoms with Crippen molar-refractivity contribution in [3.63, 3.8) is 0 Å². The maximum absolute atomic E-state index is 12.3. The fraction of sp³-hybridized carbons (Fsp3) is 0.278. The van der Waals surface area contributed by atoms with Gasteiger partial charge >= 0.3 is 0 Å². The summed E-state index contributed by atoms with van der Waals surface area (Å²) in [4.78, 5) is 11.7. The standard InChI is InChI=1S/C18H21NO4S/c1-2-17(20)18(21)19-16-10-6-9-15(11-16)13-24(22,23)12-14-7-4-3-5-8-14/h3-11,17,20H,2,12-13H2,1H3,(H,19,21)/t17-/m1/s1. The Bertz CT molecular complexity index is 788. The molecular weight excluding hydrogens is 326 g/mol. The highest BCUT2D eigenvalue weighted by Crippen LogP contribution is 2.16. The monoisotopic (exact) mass is 347 g/mol. The molecule has 0 fully saturated rings. The predicted molar refractivity (Wildman–Crippen MR) is 94.1 cm³/mol. The van der Waals surface area contributed by atoms with Crippen molar-refractivity contribution in [2.24, 2.45) is 0 Å². The van der Waals surface area contributed by atoms with Crippen molar-refractivity contribution in [2.75, 3.05) is 5.32 Å². The van der Waals surface area contributed by atoms with Gasteiger partial charge in [-0.15, -0.1) is 0 Å². The number of sulfone groups is 1. The van der Waals surface area contributed by atoms with Gasteiger partial charge in [-0.1, -0.05) is 49.4 Å². The van der Waals surface area contributed by atoms with Crippen LogP contribution >= 0.6 is 0 Å². The quantitative estimate of drug-likeness (QED) is 0.806. The van der Waals surface area contributed by atoms with Crippen molar-refractivity contribution in [2.45, 2.75) is 31.0 Å². The molecule has 2 rings (SSSR count). The van der Waals surface area contributed by atoms with Gasteiger partial charge in [-0.3, -0.25) is 4.79 Å². The van der Waals surface area contributed by atoms with Crippen LogP contribution in [0.1, 0.15) is 24.5 Å². The second-order valence-electron chi connectivity index (χ2n) is 5.63. The van der Waals surface area contributed by atoms with E-state index in [-0.39, 0.29) is 11.5 Å². The highest BCUT2D eigenvalue weighted by atomic mass is 32.2. The number of hydrogen-bond donors (Lipinski definition) is 2. The van der Waals surface area contributed by atoms with Crippen LogP contribution in [0.15, 0.2) is 54.6 Å². The van der Waals surface area contributed by atoms with Crippen LogP contribution in [0.5, 0.6) is 0 Å². The summed E-state index contributed by atoms with van der Waals surface area (Å²) < 4.78 is 24.7. The van der Waals surface area contributed by atoms with E-state index in [1.54, 1.807) is 55.5 Å². The Morgan fingerprint density at radius 2 is 1.67 bits per heavy atom. The molecule has 1 amide bonds. The second kappa shape index (κ2) is 8.08. The SMILES string of the molecule is CC[C@@H](O)C(=O)Nc1cccc(CS(=O)(=O)Cc2ccccc2)c1. The van der Waals surface area contributed by atoms with E-state index in [0.717, 1.165) is 5.56 Å². The van der Waals surface area contributed by atoms with Gasteiger partial charge in [0.1, 0.15) is 6.10 Å². The molecule has 0 aliphatic rings. The number of carbonyl (C=O) groups is 1. The summed E-state index contributed by atoms with van der Waals surface area (Å²) in [6, 6.07) is 15.7. The van der Waals surface area contributed by atoms with E-state index in [2.05, 4.69) is 5.32 Å². The highest BCUT2D eigenvalue weighted by molar-refractivity contribution is 7.89. The summed E-state index contributed by atoms with van der Waals surface area (Å²) in [5.41, 5.74) is 1.81. The third-order valence-electron chi connectivity index (χ3n) is 3.50. The smallest absolute Gasteiger partial charge is 0.253 e. The molecule has 0 radical (unpaired) electrons. The summed E-state index contributed by atoms with van der Waals surface area (Å²) in [5.74, 6) is -0.636. The minimum atomic E-state index is -3.32. The predicted octanol–water partition coefficient (Wildman–Crippen LogP) is 2.51. The molecule has 0 heterocycles. The molecule has 6 heteroatoms. The second-order valence-corrected chi connectivity index (χ2v) is 7.70. The first-order valence-electron chi connectivity index (χ1n) is 7.72. The molecule has 0 saturated heterocycles. The molecule has 0 aromatic heterocycles. The van der Waals surface area contributed by atoms with E-state index in [1.165, 1.54) is 0 Å². The highest BCUT2D eigenvalue weighted by Gasteiger charge is 2.15. The molecule has 0 aliphatic heterocycles. The van der Waals surface area contributed by atoms with Gasteiger partial charge in [-0.25, -0.2) is 8.42 Å². The lowest BCUT2D eigenvalue weighted by molar-refractivity contribution is -0.124. The maximum Gasteiger partial charge on any atom is 0.253 e. The lowest BCUT2D eigenvalue weighted by atomic mass is 10.2. The van der Waals surface area contributed by atoms with Gasteiger partial charge in [0.05, 0.1) is 11.5 Å². The first kappa shape index (κ1) is 18.2. The number of benzene rings is 2. The number of aliphatic hydroxyl groups excluding tert-OH is 1. The molecule has 0 bridgehead atoms. The fourth-order valence-electron chi connectivity index (χ4n) is 2.28. The average Bonchev–Trinajstić information content (AvgIpc) is 2.54. The zero-order valence-corrected chi connectivity index (χ0v) is 14.3. The van der Waals surface area contributed by atoms with Crippen LogP contribution in [0.2, 0.25) is 0 Å². The first-order chi connectivity index (χ1) is 11.4. The van der Waals surface area contributed by atoms with Gasteiger partial charge in [0.15, 0.2) is 9.84 Å². The van der Waals surface area contributed by atoms with Crippen LogP contribution in [0.4, 0.5) is 5.69 Å². The van der Waals surface area contributed by atoms with Crippen LogP contribution in [0.3, 0.4) is 0 Å². The van der Waals surface area contributed by atoms with Gasteiger partial charge < -0.3 is 10.4 Å². The maximum atomic E-state index is 12.3. The molecule has 0 aliphatic carbocycles. The van der Waals surface area contributed by atoms with Gasteiger partial charge in [-0.2, -0.15) is 0 Å². The van der Waals surface area contributed by atoms with E-state index >= 15 is 0 Å². The van der Waals surface area contributed by atoms with Gasteiger partial charge in [0.2, 0.25) is 0 Å². The number of rotatable bonds is 7. The van der Waals surface area contributed by atoms with Crippen LogP contribution in [0.25, 0.3) is 0 Å². The summed E-state index contributed by atoms with van der Waals surface area (Å²) in [5, 5.41) is 12.1. The van der Waals surface area contributed by atoms with Crippen molar-refractivity contribution in [1.82, 2.24) is 0 Å². The lowest BCUT2D eigenvalue weighted by Crippen LogP contribution is -2.26. The van der Waals surface area contributed by atoms with E-state index in [4.69, 9.17) is 0 Å². The Kier molecular flexibility index (Phi) is 6.11. The Hall–Kier alpha value is -2.18. The van der Waals surface area contributed by atoms with Crippen LogP contribution in [-0.4, -0.2) is 25.5 Å². The van der Waals surface area contributed by atoms with Crippen LogP contribution in [-0.2, 0) is 26.1 Å². The number of hydrogen-bond acceptors (Lipinski definition) is 4. The Balaban J connectivity index is 2.07. The zero-order valence-electron chi connectivity index (χ0n) is 13.5. The fourth-order valence-corrected chi connectivity index (χ4v) is 3.77. The van der Waals surface area contributed by atoms with Crippen molar-refractivity contribution >= 4 is 21.4 Å². The molecular formula is C18H21NO4S. The molecule has 0 saturated carbocycles. The molecule has 2 aromatic carbocycles. The normalized spacial score (nSPS) is 12.6. The largest absolute Gasteiger partial charge is 0.383 e. The van der Waals surface area contributed by atoms with E-state index < -0.39 is 21.8 Å². The third kappa shape index (κ3) is 5.47. The number of anilines is 1. The number of aliphatic hydroxyl groups is 1.